The molecule has 0 fully saturated rings. The standard InChI is InChI=1S/C13H28N2S.BrH/c1-5-9-10-12(6-2)11-16-13(14-7-3)15-8-4;/h12H,5-11H2,1-4H3,(H,14,15);1H. The van der Waals surface area contributed by atoms with Crippen molar-refractivity contribution in [3.8, 4) is 0 Å². The van der Waals surface area contributed by atoms with E-state index in [9.17, 15) is 0 Å². The fraction of sp³-hybridized carbons (Fsp3) is 0.923. The highest BCUT2D eigenvalue weighted by Crippen LogP contribution is 2.17. The van der Waals surface area contributed by atoms with Gasteiger partial charge in [-0.05, 0) is 37.9 Å². The quantitative estimate of drug-likeness (QED) is 0.443. The Balaban J connectivity index is 0. The summed E-state index contributed by atoms with van der Waals surface area (Å²) in [6.45, 7) is 10.9. The molecule has 0 aromatic heterocycles. The van der Waals surface area contributed by atoms with Crippen molar-refractivity contribution in [2.24, 2.45) is 5.92 Å². The predicted octanol–water partition coefficient (Wildman–Crippen LogP) is -0.994. The molecule has 0 spiro atoms. The molecule has 0 rings (SSSR count). The second kappa shape index (κ2) is 14.4. The van der Waals surface area contributed by atoms with E-state index < -0.39 is 0 Å². The zero-order chi connectivity index (χ0) is 12.2. The molecule has 2 nitrogen and oxygen atoms in total. The van der Waals surface area contributed by atoms with Gasteiger partial charge in [-0.2, -0.15) is 0 Å². The van der Waals surface area contributed by atoms with Crippen LogP contribution in [0.1, 0.15) is 53.4 Å². The molecule has 0 aliphatic heterocycles. The summed E-state index contributed by atoms with van der Waals surface area (Å²) in [5.74, 6) is 2.11. The monoisotopic (exact) mass is 324 g/mol. The molecular weight excluding hydrogens is 296 g/mol. The molecule has 0 aliphatic carbocycles. The fourth-order valence-electron chi connectivity index (χ4n) is 1.58. The Morgan fingerprint density at radius 3 is 2.41 bits per heavy atom. The van der Waals surface area contributed by atoms with Crippen LogP contribution in [0.25, 0.3) is 0 Å². The lowest BCUT2D eigenvalue weighted by atomic mass is 10.0. The van der Waals surface area contributed by atoms with E-state index in [1.807, 2.05) is 11.8 Å². The lowest BCUT2D eigenvalue weighted by Gasteiger charge is -2.12. The van der Waals surface area contributed by atoms with E-state index >= 15 is 0 Å². The van der Waals surface area contributed by atoms with Crippen LogP contribution in [0.15, 0.2) is 0 Å². The van der Waals surface area contributed by atoms with Gasteiger partial charge in [-0.1, -0.05) is 33.1 Å². The minimum absolute atomic E-state index is 0. The van der Waals surface area contributed by atoms with Gasteiger partial charge in [0.1, 0.15) is 0 Å². The molecule has 104 valence electrons. The Kier molecular flexibility index (Phi) is 16.6. The molecule has 0 heterocycles. The van der Waals surface area contributed by atoms with Crippen LogP contribution >= 0.6 is 11.8 Å². The van der Waals surface area contributed by atoms with Crippen molar-refractivity contribution in [1.82, 2.24) is 5.32 Å². The number of hydrogen-bond donors (Lipinski definition) is 2. The maximum atomic E-state index is 3.39. The van der Waals surface area contributed by atoms with E-state index in [1.54, 1.807) is 0 Å². The average Bonchev–Trinajstić information content (AvgIpc) is 2.30. The fourth-order valence-corrected chi connectivity index (χ4v) is 2.88. The van der Waals surface area contributed by atoms with E-state index in [4.69, 9.17) is 0 Å². The summed E-state index contributed by atoms with van der Waals surface area (Å²) >= 11 is 1.95. The number of unbranched alkanes of at least 4 members (excludes halogenated alkanes) is 1. The van der Waals surface area contributed by atoms with Crippen molar-refractivity contribution in [1.29, 1.82) is 0 Å². The topological polar surface area (TPSA) is 26.0 Å². The highest BCUT2D eigenvalue weighted by molar-refractivity contribution is 8.13. The Bertz CT molecular complexity index is 186. The van der Waals surface area contributed by atoms with Gasteiger partial charge in [0.15, 0.2) is 0 Å². The number of hydrogen-bond acceptors (Lipinski definition) is 1. The molecule has 1 unspecified atom stereocenters. The van der Waals surface area contributed by atoms with E-state index in [-0.39, 0.29) is 17.0 Å². The highest BCUT2D eigenvalue weighted by atomic mass is 79.9. The third-order valence-corrected chi connectivity index (χ3v) is 3.90. The van der Waals surface area contributed by atoms with Gasteiger partial charge in [0.05, 0.1) is 13.1 Å². The molecule has 0 saturated heterocycles. The van der Waals surface area contributed by atoms with Crippen LogP contribution in [0, 0.1) is 5.92 Å². The van der Waals surface area contributed by atoms with Crippen LogP contribution in [-0.4, -0.2) is 24.0 Å². The second-order valence-corrected chi connectivity index (χ2v) is 5.15. The van der Waals surface area contributed by atoms with Gasteiger partial charge in [-0.25, -0.2) is 0 Å². The smallest absolute Gasteiger partial charge is 0.304 e. The summed E-state index contributed by atoms with van der Waals surface area (Å²) in [5, 5.41) is 4.64. The van der Waals surface area contributed by atoms with E-state index in [2.05, 4.69) is 38.0 Å². The number of nitrogens with one attached hydrogen (secondary N) is 2. The normalized spacial score (nSPS) is 13.1. The minimum Gasteiger partial charge on any atom is -1.00 e. The summed E-state index contributed by atoms with van der Waals surface area (Å²) in [6.07, 6.45) is 5.37. The minimum atomic E-state index is 0. The first-order chi connectivity index (χ1) is 7.78. The van der Waals surface area contributed by atoms with Crippen molar-refractivity contribution in [2.45, 2.75) is 53.4 Å². The van der Waals surface area contributed by atoms with Crippen LogP contribution in [0.4, 0.5) is 0 Å². The molecule has 17 heavy (non-hydrogen) atoms. The second-order valence-electron chi connectivity index (χ2n) is 4.12. The molecule has 1 atom stereocenters. The van der Waals surface area contributed by atoms with Crippen molar-refractivity contribution < 1.29 is 22.0 Å². The van der Waals surface area contributed by atoms with Crippen LogP contribution in [0.2, 0.25) is 0 Å². The average molecular weight is 325 g/mol. The molecule has 2 N–H and O–H groups in total. The van der Waals surface area contributed by atoms with Gasteiger partial charge in [0.2, 0.25) is 0 Å². The lowest BCUT2D eigenvalue weighted by Crippen LogP contribution is -3.00. The Morgan fingerprint density at radius 1 is 1.24 bits per heavy atom. The summed E-state index contributed by atoms with van der Waals surface area (Å²) < 4.78 is 0. The number of amidine groups is 1. The zero-order valence-electron chi connectivity index (χ0n) is 11.8. The lowest BCUT2D eigenvalue weighted by molar-refractivity contribution is -0.451. The van der Waals surface area contributed by atoms with Gasteiger partial charge in [0.25, 0.3) is 0 Å². The van der Waals surface area contributed by atoms with Crippen LogP contribution in [0.3, 0.4) is 0 Å². The van der Waals surface area contributed by atoms with Crippen molar-refractivity contribution in [2.75, 3.05) is 18.8 Å². The highest BCUT2D eigenvalue weighted by Gasteiger charge is 2.11. The molecular formula is C13H29BrN2S. The van der Waals surface area contributed by atoms with Gasteiger partial charge in [0, 0.05) is 5.75 Å². The third-order valence-electron chi connectivity index (χ3n) is 2.68. The summed E-state index contributed by atoms with van der Waals surface area (Å²) in [7, 11) is 0. The molecule has 0 bridgehead atoms. The van der Waals surface area contributed by atoms with E-state index in [0.717, 1.165) is 19.0 Å². The first-order valence-electron chi connectivity index (χ1n) is 6.75. The number of thioether (sulfide) groups is 1. The Morgan fingerprint density at radius 2 is 1.94 bits per heavy atom. The summed E-state index contributed by atoms with van der Waals surface area (Å²) in [5.41, 5.74) is 0. The predicted molar refractivity (Wildman–Crippen MR) is 76.0 cm³/mol. The summed E-state index contributed by atoms with van der Waals surface area (Å²) in [4.78, 5) is 3.39. The zero-order valence-corrected chi connectivity index (χ0v) is 14.2. The largest absolute Gasteiger partial charge is 1.00 e. The molecule has 0 radical (unpaired) electrons. The van der Waals surface area contributed by atoms with Gasteiger partial charge in [-0.3, -0.25) is 10.3 Å². The van der Waals surface area contributed by atoms with E-state index in [0.29, 0.717) is 0 Å². The first-order valence-corrected chi connectivity index (χ1v) is 7.74. The van der Waals surface area contributed by atoms with Crippen molar-refractivity contribution in [3.05, 3.63) is 0 Å². The molecule has 0 aromatic carbocycles. The number of rotatable bonds is 8. The Labute approximate surface area is 122 Å². The molecule has 0 aliphatic rings. The maximum Gasteiger partial charge on any atom is 0.304 e. The van der Waals surface area contributed by atoms with Gasteiger partial charge in [-0.15, -0.1) is 0 Å². The van der Waals surface area contributed by atoms with Crippen molar-refractivity contribution in [3.63, 3.8) is 0 Å². The molecule has 0 saturated carbocycles. The Hall–Kier alpha value is 0.300. The number of halogens is 1. The van der Waals surface area contributed by atoms with Gasteiger partial charge < -0.3 is 17.0 Å². The summed E-state index contributed by atoms with van der Waals surface area (Å²) in [6, 6.07) is 0. The van der Waals surface area contributed by atoms with Gasteiger partial charge >= 0.3 is 5.17 Å². The van der Waals surface area contributed by atoms with Crippen LogP contribution < -0.4 is 27.3 Å². The van der Waals surface area contributed by atoms with Crippen molar-refractivity contribution >= 4 is 16.9 Å². The molecule has 4 heteroatoms. The maximum absolute atomic E-state index is 3.39. The first kappa shape index (κ1) is 19.6. The van der Waals surface area contributed by atoms with Crippen LogP contribution in [-0.2, 0) is 0 Å². The van der Waals surface area contributed by atoms with Crippen LogP contribution in [0.5, 0.6) is 0 Å². The molecule has 0 aromatic rings. The SMILES string of the molecule is CCCCC(CC)CSC(NCC)=[NH+]CC.[Br-]. The molecule has 0 amide bonds. The van der Waals surface area contributed by atoms with E-state index in [1.165, 1.54) is 36.6 Å². The third kappa shape index (κ3) is 11.1.